The van der Waals surface area contributed by atoms with Crippen molar-refractivity contribution in [1.82, 2.24) is 5.32 Å². The predicted molar refractivity (Wildman–Crippen MR) is 118 cm³/mol. The van der Waals surface area contributed by atoms with Crippen molar-refractivity contribution >= 4 is 33.0 Å². The number of benzene rings is 2. The lowest BCUT2D eigenvalue weighted by Gasteiger charge is -2.27. The van der Waals surface area contributed by atoms with E-state index in [9.17, 15) is 18.0 Å². The number of carbonyl (C=O) groups excluding carboxylic acids is 2. The fraction of sp³-hybridized carbons (Fsp3) is 0.364. The minimum Gasteiger partial charge on any atom is -0.371 e. The fourth-order valence-corrected chi connectivity index (χ4v) is 4.97. The molecule has 3 rings (SSSR count). The van der Waals surface area contributed by atoms with Crippen LogP contribution in [0.4, 0.5) is 11.4 Å². The third-order valence-corrected chi connectivity index (χ3v) is 6.65. The normalized spacial score (nSPS) is 15.7. The fourth-order valence-electron chi connectivity index (χ4n) is 3.31. The quantitative estimate of drug-likeness (QED) is 0.560. The highest BCUT2D eigenvalue weighted by atomic mass is 32.2. The molecule has 0 saturated carbocycles. The van der Waals surface area contributed by atoms with Gasteiger partial charge < -0.3 is 16.0 Å². The van der Waals surface area contributed by atoms with E-state index >= 15 is 0 Å². The number of fused-ring (bicyclic) bond motifs is 1. The first kappa shape index (κ1) is 21.8. The maximum Gasteiger partial charge on any atom is 0.251 e. The van der Waals surface area contributed by atoms with Crippen molar-refractivity contribution in [2.45, 2.75) is 38.5 Å². The predicted octanol–water partition coefficient (Wildman–Crippen LogP) is 2.87. The summed E-state index contributed by atoms with van der Waals surface area (Å²) in [6.45, 7) is 4.50. The molecule has 1 atom stereocenters. The summed E-state index contributed by atoms with van der Waals surface area (Å²) in [5.41, 5.74) is 3.13. The molecule has 0 spiro atoms. The van der Waals surface area contributed by atoms with E-state index in [-0.39, 0.29) is 17.4 Å². The van der Waals surface area contributed by atoms with E-state index < -0.39 is 21.8 Å². The second kappa shape index (κ2) is 9.30. The second-order valence-corrected chi connectivity index (χ2v) is 9.65. The third kappa shape index (κ3) is 5.38. The standard InChI is InChI=1S/C22H27N3O4S/c1-3-4-11-23-21(26)16-9-10-18-19(12-16)25-22(27)20(24-18)14-30(28,29)13-17-8-6-5-7-15(17)2/h5-10,12,20,24H,3-4,11,13-14H2,1-2H3,(H,23,26)(H,25,27). The highest BCUT2D eigenvalue weighted by Crippen LogP contribution is 2.28. The van der Waals surface area contributed by atoms with Crippen LogP contribution >= 0.6 is 0 Å². The molecule has 0 bridgehead atoms. The van der Waals surface area contributed by atoms with Gasteiger partial charge in [0.05, 0.1) is 22.9 Å². The highest BCUT2D eigenvalue weighted by Gasteiger charge is 2.30. The van der Waals surface area contributed by atoms with Gasteiger partial charge in [-0.2, -0.15) is 0 Å². The smallest absolute Gasteiger partial charge is 0.251 e. The summed E-state index contributed by atoms with van der Waals surface area (Å²) in [5.74, 6) is -1.07. The van der Waals surface area contributed by atoms with Gasteiger partial charge in [0.25, 0.3) is 5.91 Å². The van der Waals surface area contributed by atoms with Crippen molar-refractivity contribution in [3.8, 4) is 0 Å². The van der Waals surface area contributed by atoms with Gasteiger partial charge in [0.1, 0.15) is 6.04 Å². The number of hydrogen-bond donors (Lipinski definition) is 3. The van der Waals surface area contributed by atoms with Gasteiger partial charge in [0, 0.05) is 12.1 Å². The Labute approximate surface area is 177 Å². The second-order valence-electron chi connectivity index (χ2n) is 7.54. The summed E-state index contributed by atoms with van der Waals surface area (Å²) in [5, 5.41) is 8.56. The van der Waals surface area contributed by atoms with Crippen LogP contribution in [-0.2, 0) is 20.4 Å². The molecule has 0 aromatic heterocycles. The lowest BCUT2D eigenvalue weighted by molar-refractivity contribution is -0.116. The molecule has 0 fully saturated rings. The number of rotatable bonds is 8. The van der Waals surface area contributed by atoms with E-state index in [2.05, 4.69) is 16.0 Å². The molecule has 0 radical (unpaired) electrons. The number of sulfone groups is 1. The van der Waals surface area contributed by atoms with E-state index in [0.717, 1.165) is 24.0 Å². The molecule has 3 N–H and O–H groups in total. The number of amides is 2. The Hall–Kier alpha value is -2.87. The number of hydrogen-bond acceptors (Lipinski definition) is 5. The molecule has 2 aromatic carbocycles. The van der Waals surface area contributed by atoms with Crippen LogP contribution in [0.5, 0.6) is 0 Å². The van der Waals surface area contributed by atoms with Gasteiger partial charge in [-0.1, -0.05) is 37.6 Å². The molecule has 1 aliphatic rings. The van der Waals surface area contributed by atoms with Crippen LogP contribution in [0.25, 0.3) is 0 Å². The van der Waals surface area contributed by atoms with Crippen LogP contribution in [0.15, 0.2) is 42.5 Å². The number of aryl methyl sites for hydroxylation is 1. The van der Waals surface area contributed by atoms with E-state index in [1.54, 1.807) is 30.3 Å². The summed E-state index contributed by atoms with van der Waals surface area (Å²) in [6.07, 6.45) is 1.88. The lowest BCUT2D eigenvalue weighted by atomic mass is 10.1. The zero-order valence-electron chi connectivity index (χ0n) is 17.2. The number of unbranched alkanes of at least 4 members (excludes halogenated alkanes) is 1. The molecule has 0 aliphatic carbocycles. The average molecular weight is 430 g/mol. The van der Waals surface area contributed by atoms with Crippen LogP contribution in [0, 0.1) is 6.92 Å². The van der Waals surface area contributed by atoms with E-state index in [4.69, 9.17) is 0 Å². The molecule has 160 valence electrons. The molecular formula is C22H27N3O4S. The van der Waals surface area contributed by atoms with Gasteiger partial charge in [-0.05, 0) is 42.7 Å². The summed E-state index contributed by atoms with van der Waals surface area (Å²) in [4.78, 5) is 24.7. The molecule has 0 saturated heterocycles. The number of anilines is 2. The average Bonchev–Trinajstić information content (AvgIpc) is 2.69. The lowest BCUT2D eigenvalue weighted by Crippen LogP contribution is -2.43. The van der Waals surface area contributed by atoms with Crippen molar-refractivity contribution in [2.24, 2.45) is 0 Å². The Morgan fingerprint density at radius 3 is 2.63 bits per heavy atom. The molecule has 8 heteroatoms. The first-order valence-electron chi connectivity index (χ1n) is 10.0. The van der Waals surface area contributed by atoms with Gasteiger partial charge in [-0.15, -0.1) is 0 Å². The molecule has 1 unspecified atom stereocenters. The number of carbonyl (C=O) groups is 2. The summed E-state index contributed by atoms with van der Waals surface area (Å²) < 4.78 is 25.3. The SMILES string of the molecule is CCCCNC(=O)c1ccc2c(c1)NC(=O)C(CS(=O)(=O)Cc1ccccc1C)N2. The zero-order chi connectivity index (χ0) is 21.7. The Balaban J connectivity index is 1.69. The Morgan fingerprint density at radius 1 is 1.13 bits per heavy atom. The van der Waals surface area contributed by atoms with Crippen molar-refractivity contribution in [2.75, 3.05) is 22.9 Å². The molecule has 2 amide bonds. The Kier molecular flexibility index (Phi) is 6.77. The van der Waals surface area contributed by atoms with Crippen LogP contribution in [-0.4, -0.2) is 38.6 Å². The molecule has 30 heavy (non-hydrogen) atoms. The van der Waals surface area contributed by atoms with Gasteiger partial charge in [-0.3, -0.25) is 9.59 Å². The first-order chi connectivity index (χ1) is 14.3. The number of nitrogens with one attached hydrogen (secondary N) is 3. The van der Waals surface area contributed by atoms with E-state index in [1.165, 1.54) is 0 Å². The summed E-state index contributed by atoms with van der Waals surface area (Å²) >= 11 is 0. The molecule has 1 aliphatic heterocycles. The minimum absolute atomic E-state index is 0.116. The van der Waals surface area contributed by atoms with Gasteiger partial charge in [0.2, 0.25) is 5.91 Å². The van der Waals surface area contributed by atoms with Gasteiger partial charge in [-0.25, -0.2) is 8.42 Å². The topological polar surface area (TPSA) is 104 Å². The van der Waals surface area contributed by atoms with Crippen molar-refractivity contribution in [1.29, 1.82) is 0 Å². The first-order valence-corrected chi connectivity index (χ1v) is 11.9. The maximum atomic E-state index is 12.7. The molecular weight excluding hydrogens is 402 g/mol. The Bertz CT molecular complexity index is 1050. The summed E-state index contributed by atoms with van der Waals surface area (Å²) in [7, 11) is -3.51. The van der Waals surface area contributed by atoms with Gasteiger partial charge >= 0.3 is 0 Å². The van der Waals surface area contributed by atoms with Crippen LogP contribution in [0.1, 0.15) is 41.3 Å². The maximum absolute atomic E-state index is 12.7. The van der Waals surface area contributed by atoms with Crippen LogP contribution in [0.2, 0.25) is 0 Å². The minimum atomic E-state index is -3.51. The highest BCUT2D eigenvalue weighted by molar-refractivity contribution is 7.90. The molecule has 1 heterocycles. The summed E-state index contributed by atoms with van der Waals surface area (Å²) in [6, 6.07) is 11.3. The van der Waals surface area contributed by atoms with Crippen molar-refractivity contribution < 1.29 is 18.0 Å². The molecule has 7 nitrogen and oxygen atoms in total. The zero-order valence-corrected chi connectivity index (χ0v) is 18.0. The van der Waals surface area contributed by atoms with Crippen LogP contribution < -0.4 is 16.0 Å². The van der Waals surface area contributed by atoms with Crippen LogP contribution in [0.3, 0.4) is 0 Å². The van der Waals surface area contributed by atoms with Crippen molar-refractivity contribution in [3.05, 3.63) is 59.2 Å². The Morgan fingerprint density at radius 2 is 1.90 bits per heavy atom. The largest absolute Gasteiger partial charge is 0.371 e. The van der Waals surface area contributed by atoms with E-state index in [0.29, 0.717) is 23.5 Å². The third-order valence-electron chi connectivity index (χ3n) is 5.06. The van der Waals surface area contributed by atoms with Crippen molar-refractivity contribution in [3.63, 3.8) is 0 Å². The van der Waals surface area contributed by atoms with Gasteiger partial charge in [0.15, 0.2) is 9.84 Å². The monoisotopic (exact) mass is 429 g/mol. The van der Waals surface area contributed by atoms with E-state index in [1.807, 2.05) is 26.0 Å². The molecule has 2 aromatic rings.